The van der Waals surface area contributed by atoms with Crippen LogP contribution in [0.4, 0.5) is 0 Å². The van der Waals surface area contributed by atoms with Gasteiger partial charge < -0.3 is 10.2 Å². The molecule has 2 nitrogen and oxygen atoms in total. The summed E-state index contributed by atoms with van der Waals surface area (Å²) < 4.78 is 0. The van der Waals surface area contributed by atoms with E-state index in [0.29, 0.717) is 6.04 Å². The molecule has 2 heteroatoms. The molecule has 0 spiro atoms. The number of aryl methyl sites for hydroxylation is 1. The standard InChI is InChI=1S/C16H28N2/c1-7-9-13-10-8-11-14(12-13)15(17-4)16(2,3)18(5)6/h8,10-12,15,17H,7,9H2,1-6H3. The van der Waals surface area contributed by atoms with Gasteiger partial charge in [-0.15, -0.1) is 0 Å². The number of rotatable bonds is 6. The summed E-state index contributed by atoms with van der Waals surface area (Å²) in [4.78, 5) is 2.28. The van der Waals surface area contributed by atoms with E-state index in [2.05, 4.69) is 69.3 Å². The van der Waals surface area contributed by atoms with Gasteiger partial charge in [0.25, 0.3) is 0 Å². The zero-order chi connectivity index (χ0) is 13.8. The van der Waals surface area contributed by atoms with Gasteiger partial charge in [0.1, 0.15) is 0 Å². The second-order valence-electron chi connectivity index (χ2n) is 5.76. The summed E-state index contributed by atoms with van der Waals surface area (Å²) in [5.74, 6) is 0. The fourth-order valence-electron chi connectivity index (χ4n) is 2.40. The monoisotopic (exact) mass is 248 g/mol. The van der Waals surface area contributed by atoms with Crippen molar-refractivity contribution in [2.24, 2.45) is 0 Å². The molecular formula is C16H28N2. The Bertz CT molecular complexity index is 369. The van der Waals surface area contributed by atoms with Crippen molar-refractivity contribution < 1.29 is 0 Å². The molecule has 0 amide bonds. The highest BCUT2D eigenvalue weighted by molar-refractivity contribution is 5.28. The maximum atomic E-state index is 3.47. The minimum atomic E-state index is 0.0829. The molecule has 0 aliphatic carbocycles. The highest BCUT2D eigenvalue weighted by Gasteiger charge is 2.31. The maximum Gasteiger partial charge on any atom is 0.0499 e. The summed E-state index contributed by atoms with van der Waals surface area (Å²) in [5, 5.41) is 3.47. The molecule has 0 bridgehead atoms. The third-order valence-corrected chi connectivity index (χ3v) is 3.97. The van der Waals surface area contributed by atoms with E-state index in [1.54, 1.807) is 0 Å². The molecule has 1 atom stereocenters. The van der Waals surface area contributed by atoms with Gasteiger partial charge in [-0.1, -0.05) is 37.6 Å². The Morgan fingerprint density at radius 2 is 1.94 bits per heavy atom. The third kappa shape index (κ3) is 3.33. The number of hydrogen-bond acceptors (Lipinski definition) is 2. The van der Waals surface area contributed by atoms with E-state index in [9.17, 15) is 0 Å². The van der Waals surface area contributed by atoms with E-state index >= 15 is 0 Å². The van der Waals surface area contributed by atoms with Crippen LogP contribution in [0.3, 0.4) is 0 Å². The van der Waals surface area contributed by atoms with E-state index in [1.165, 1.54) is 17.5 Å². The van der Waals surface area contributed by atoms with E-state index < -0.39 is 0 Å². The Kier molecular flexibility index (Phi) is 5.36. The Labute approximate surface area is 112 Å². The molecule has 1 unspecified atom stereocenters. The normalized spacial score (nSPS) is 13.9. The molecule has 1 aromatic rings. The molecule has 0 heterocycles. The van der Waals surface area contributed by atoms with Crippen molar-refractivity contribution in [2.75, 3.05) is 21.1 Å². The first-order valence-electron chi connectivity index (χ1n) is 6.87. The lowest BCUT2D eigenvalue weighted by Gasteiger charge is -2.40. The summed E-state index contributed by atoms with van der Waals surface area (Å²) >= 11 is 0. The highest BCUT2D eigenvalue weighted by atomic mass is 15.2. The second-order valence-corrected chi connectivity index (χ2v) is 5.76. The summed E-state index contributed by atoms with van der Waals surface area (Å²) in [6, 6.07) is 9.31. The fraction of sp³-hybridized carbons (Fsp3) is 0.625. The van der Waals surface area contributed by atoms with Crippen molar-refractivity contribution >= 4 is 0 Å². The predicted molar refractivity (Wildman–Crippen MR) is 80.0 cm³/mol. The third-order valence-electron chi connectivity index (χ3n) is 3.97. The minimum Gasteiger partial charge on any atom is -0.311 e. The van der Waals surface area contributed by atoms with Crippen LogP contribution in [-0.2, 0) is 6.42 Å². The van der Waals surface area contributed by atoms with E-state index in [1.807, 2.05) is 7.05 Å². The van der Waals surface area contributed by atoms with Gasteiger partial charge in [0.05, 0.1) is 0 Å². The summed E-state index contributed by atoms with van der Waals surface area (Å²) in [6.45, 7) is 6.79. The van der Waals surface area contributed by atoms with Crippen LogP contribution in [0.5, 0.6) is 0 Å². The maximum absolute atomic E-state index is 3.47. The molecule has 0 saturated heterocycles. The van der Waals surface area contributed by atoms with Gasteiger partial charge in [-0.2, -0.15) is 0 Å². The lowest BCUT2D eigenvalue weighted by molar-refractivity contribution is 0.142. The Morgan fingerprint density at radius 1 is 1.28 bits per heavy atom. The van der Waals surface area contributed by atoms with E-state index in [0.717, 1.165) is 6.42 Å². The minimum absolute atomic E-state index is 0.0829. The summed E-state index contributed by atoms with van der Waals surface area (Å²) in [7, 11) is 6.32. The van der Waals surface area contributed by atoms with Crippen LogP contribution in [0.2, 0.25) is 0 Å². The molecule has 102 valence electrons. The van der Waals surface area contributed by atoms with Crippen LogP contribution in [0, 0.1) is 0 Å². The average molecular weight is 248 g/mol. The van der Waals surface area contributed by atoms with Crippen LogP contribution >= 0.6 is 0 Å². The van der Waals surface area contributed by atoms with Gasteiger partial charge >= 0.3 is 0 Å². The van der Waals surface area contributed by atoms with Crippen molar-refractivity contribution in [1.29, 1.82) is 0 Å². The predicted octanol–water partition coefficient (Wildman–Crippen LogP) is 3.24. The summed E-state index contributed by atoms with van der Waals surface area (Å²) in [6.07, 6.45) is 2.36. The molecule has 0 aliphatic heterocycles. The molecule has 1 aromatic carbocycles. The van der Waals surface area contributed by atoms with E-state index in [-0.39, 0.29) is 5.54 Å². The molecule has 1 N–H and O–H groups in total. The Balaban J connectivity index is 3.05. The molecule has 0 aliphatic rings. The van der Waals surface area contributed by atoms with Crippen LogP contribution in [0.15, 0.2) is 24.3 Å². The van der Waals surface area contributed by atoms with Crippen LogP contribution < -0.4 is 5.32 Å². The first-order chi connectivity index (χ1) is 8.43. The van der Waals surface area contributed by atoms with Crippen LogP contribution in [-0.4, -0.2) is 31.6 Å². The summed E-state index contributed by atoms with van der Waals surface area (Å²) in [5.41, 5.74) is 2.89. The zero-order valence-corrected chi connectivity index (χ0v) is 12.7. The fourth-order valence-corrected chi connectivity index (χ4v) is 2.40. The molecule has 0 fully saturated rings. The average Bonchev–Trinajstić information content (AvgIpc) is 2.30. The number of nitrogens with one attached hydrogen (secondary N) is 1. The molecule has 0 saturated carbocycles. The number of nitrogens with zero attached hydrogens (tertiary/aromatic N) is 1. The molecule has 1 rings (SSSR count). The van der Waals surface area contributed by atoms with E-state index in [4.69, 9.17) is 0 Å². The highest BCUT2D eigenvalue weighted by Crippen LogP contribution is 2.29. The van der Waals surface area contributed by atoms with Gasteiger partial charge in [-0.05, 0) is 52.5 Å². The van der Waals surface area contributed by atoms with Crippen molar-refractivity contribution in [3.63, 3.8) is 0 Å². The second kappa shape index (κ2) is 6.35. The SMILES string of the molecule is CCCc1cccc(C(NC)C(C)(C)N(C)C)c1. The van der Waals surface area contributed by atoms with Gasteiger partial charge in [0.15, 0.2) is 0 Å². The molecular weight excluding hydrogens is 220 g/mol. The van der Waals surface area contributed by atoms with Crippen molar-refractivity contribution in [3.8, 4) is 0 Å². The largest absolute Gasteiger partial charge is 0.311 e. The van der Waals surface area contributed by atoms with Gasteiger partial charge in [0.2, 0.25) is 0 Å². The molecule has 18 heavy (non-hydrogen) atoms. The van der Waals surface area contributed by atoms with Crippen molar-refractivity contribution in [2.45, 2.75) is 45.2 Å². The lowest BCUT2D eigenvalue weighted by Crippen LogP contribution is -2.48. The molecule has 0 aromatic heterocycles. The Morgan fingerprint density at radius 3 is 2.44 bits per heavy atom. The topological polar surface area (TPSA) is 15.3 Å². The molecule has 0 radical (unpaired) electrons. The van der Waals surface area contributed by atoms with Gasteiger partial charge in [0, 0.05) is 11.6 Å². The first kappa shape index (κ1) is 15.2. The van der Waals surface area contributed by atoms with Crippen molar-refractivity contribution in [1.82, 2.24) is 10.2 Å². The quantitative estimate of drug-likeness (QED) is 0.831. The number of hydrogen-bond donors (Lipinski definition) is 1. The zero-order valence-electron chi connectivity index (χ0n) is 12.7. The Hall–Kier alpha value is -0.860. The van der Waals surface area contributed by atoms with Gasteiger partial charge in [-0.25, -0.2) is 0 Å². The van der Waals surface area contributed by atoms with Crippen LogP contribution in [0.1, 0.15) is 44.4 Å². The van der Waals surface area contributed by atoms with Gasteiger partial charge in [-0.3, -0.25) is 0 Å². The first-order valence-corrected chi connectivity index (χ1v) is 6.87. The van der Waals surface area contributed by atoms with Crippen molar-refractivity contribution in [3.05, 3.63) is 35.4 Å². The smallest absolute Gasteiger partial charge is 0.0499 e. The number of likely N-dealkylation sites (N-methyl/N-ethyl adjacent to an activating group) is 2. The number of benzene rings is 1. The lowest BCUT2D eigenvalue weighted by atomic mass is 9.86. The van der Waals surface area contributed by atoms with Crippen LogP contribution in [0.25, 0.3) is 0 Å².